The second kappa shape index (κ2) is 10.4. The Hall–Kier alpha value is -3.87. The Morgan fingerprint density at radius 1 is 0.861 bits per heavy atom. The molecule has 5 aromatic rings. The van der Waals surface area contributed by atoms with Gasteiger partial charge in [-0.15, -0.1) is 0 Å². The number of para-hydroxylation sites is 1. The molecule has 6 rings (SSSR count). The summed E-state index contributed by atoms with van der Waals surface area (Å²) in [6, 6.07) is 26.3. The first-order chi connectivity index (χ1) is 17.8. The molecule has 0 N–H and O–H groups in total. The Balaban J connectivity index is 1.21. The summed E-state index contributed by atoms with van der Waals surface area (Å²) in [6.07, 6.45) is 1.77. The number of hydrogen-bond acceptors (Lipinski definition) is 6. The fourth-order valence-electron chi connectivity index (χ4n) is 4.54. The number of furan rings is 1. The molecule has 0 amide bonds. The average Bonchev–Trinajstić information content (AvgIpc) is 3.36. The van der Waals surface area contributed by atoms with Crippen LogP contribution in [0.4, 0.5) is 0 Å². The van der Waals surface area contributed by atoms with E-state index in [2.05, 4.69) is 29.2 Å². The van der Waals surface area contributed by atoms with Crippen molar-refractivity contribution in [2.24, 2.45) is 0 Å². The van der Waals surface area contributed by atoms with Gasteiger partial charge in [-0.3, -0.25) is 4.90 Å². The Bertz CT molecular complexity index is 1460. The van der Waals surface area contributed by atoms with E-state index >= 15 is 0 Å². The molecule has 0 bridgehead atoms. The summed E-state index contributed by atoms with van der Waals surface area (Å²) in [4.78, 5) is 7.33. The molecule has 0 aliphatic carbocycles. The molecule has 1 aliphatic rings. The quantitative estimate of drug-likeness (QED) is 0.274. The fourth-order valence-corrected chi connectivity index (χ4v) is 4.54. The lowest BCUT2D eigenvalue weighted by molar-refractivity contribution is 0.0322. The van der Waals surface area contributed by atoms with E-state index < -0.39 is 0 Å². The van der Waals surface area contributed by atoms with Crippen LogP contribution in [0.2, 0.25) is 0 Å². The normalized spacial score (nSPS) is 14.3. The predicted molar refractivity (Wildman–Crippen MR) is 140 cm³/mol. The van der Waals surface area contributed by atoms with Crippen molar-refractivity contribution in [3.63, 3.8) is 0 Å². The van der Waals surface area contributed by atoms with E-state index in [1.54, 1.807) is 6.26 Å². The summed E-state index contributed by atoms with van der Waals surface area (Å²) in [5.74, 6) is 1.57. The molecule has 6 heteroatoms. The number of ether oxygens (including phenoxy) is 3. The van der Waals surface area contributed by atoms with Crippen LogP contribution in [0, 0.1) is 0 Å². The van der Waals surface area contributed by atoms with Crippen molar-refractivity contribution in [3.05, 3.63) is 90.7 Å². The van der Waals surface area contributed by atoms with E-state index in [4.69, 9.17) is 23.6 Å². The largest absolute Gasteiger partial charge is 0.492 e. The Morgan fingerprint density at radius 2 is 1.75 bits per heavy atom. The van der Waals surface area contributed by atoms with Crippen LogP contribution in [0.1, 0.15) is 5.56 Å². The lowest BCUT2D eigenvalue weighted by Gasteiger charge is -2.26. The molecule has 36 heavy (non-hydrogen) atoms. The second-order valence-corrected chi connectivity index (χ2v) is 8.91. The summed E-state index contributed by atoms with van der Waals surface area (Å²) in [6.45, 7) is 5.53. The molecule has 3 aromatic carbocycles. The van der Waals surface area contributed by atoms with Crippen LogP contribution in [0.15, 0.2) is 89.5 Å². The second-order valence-electron chi connectivity index (χ2n) is 8.91. The average molecular weight is 481 g/mol. The minimum Gasteiger partial charge on any atom is -0.492 e. The highest BCUT2D eigenvalue weighted by Crippen LogP contribution is 2.34. The van der Waals surface area contributed by atoms with E-state index in [0.29, 0.717) is 13.2 Å². The highest BCUT2D eigenvalue weighted by atomic mass is 16.5. The van der Waals surface area contributed by atoms with Gasteiger partial charge >= 0.3 is 0 Å². The zero-order valence-corrected chi connectivity index (χ0v) is 20.1. The van der Waals surface area contributed by atoms with Crippen molar-refractivity contribution < 1.29 is 18.6 Å². The summed E-state index contributed by atoms with van der Waals surface area (Å²) >= 11 is 0. The Morgan fingerprint density at radius 3 is 2.64 bits per heavy atom. The lowest BCUT2D eigenvalue weighted by Crippen LogP contribution is -2.38. The molecule has 1 aliphatic heterocycles. The number of benzene rings is 3. The van der Waals surface area contributed by atoms with Gasteiger partial charge in [0.05, 0.1) is 18.9 Å². The van der Waals surface area contributed by atoms with Gasteiger partial charge in [0.1, 0.15) is 42.1 Å². The molecule has 0 atom stereocenters. The Labute approximate surface area is 210 Å². The van der Waals surface area contributed by atoms with Gasteiger partial charge in [0.15, 0.2) is 0 Å². The maximum absolute atomic E-state index is 6.15. The molecule has 0 saturated carbocycles. The van der Waals surface area contributed by atoms with Crippen molar-refractivity contribution in [3.8, 4) is 22.8 Å². The number of nitrogens with zero attached hydrogens (tertiary/aromatic N) is 2. The van der Waals surface area contributed by atoms with E-state index in [1.165, 1.54) is 0 Å². The Kier molecular flexibility index (Phi) is 6.52. The van der Waals surface area contributed by atoms with Crippen molar-refractivity contribution in [1.82, 2.24) is 9.88 Å². The van der Waals surface area contributed by atoms with Crippen molar-refractivity contribution >= 4 is 21.9 Å². The van der Waals surface area contributed by atoms with Crippen LogP contribution in [0.5, 0.6) is 11.5 Å². The summed E-state index contributed by atoms with van der Waals surface area (Å²) in [5, 5.41) is 2.04. The number of hydrogen-bond donors (Lipinski definition) is 0. The first kappa shape index (κ1) is 22.6. The SMILES string of the molecule is c1ccc(COc2cccc3ccc(-c4coc5cc(OCCN6CCOCC6)ccc45)nc23)cc1. The molecule has 6 nitrogen and oxygen atoms in total. The summed E-state index contributed by atoms with van der Waals surface area (Å²) in [7, 11) is 0. The van der Waals surface area contributed by atoms with E-state index in [9.17, 15) is 0 Å². The first-order valence-electron chi connectivity index (χ1n) is 12.3. The molecule has 0 unspecified atom stereocenters. The van der Waals surface area contributed by atoms with E-state index in [1.807, 2.05) is 54.6 Å². The highest BCUT2D eigenvalue weighted by Gasteiger charge is 2.14. The van der Waals surface area contributed by atoms with E-state index in [0.717, 1.165) is 83.0 Å². The predicted octanol–water partition coefficient (Wildman–Crippen LogP) is 5.94. The van der Waals surface area contributed by atoms with Gasteiger partial charge < -0.3 is 18.6 Å². The number of fused-ring (bicyclic) bond motifs is 2. The van der Waals surface area contributed by atoms with Gasteiger partial charge in [0.2, 0.25) is 0 Å². The molecule has 3 heterocycles. The smallest absolute Gasteiger partial charge is 0.146 e. The topological polar surface area (TPSA) is 57.0 Å². The van der Waals surface area contributed by atoms with Crippen LogP contribution >= 0.6 is 0 Å². The minimum atomic E-state index is 0.495. The summed E-state index contributed by atoms with van der Waals surface area (Å²) < 4.78 is 23.5. The van der Waals surface area contributed by atoms with Gasteiger partial charge in [-0.2, -0.15) is 0 Å². The maximum atomic E-state index is 6.15. The van der Waals surface area contributed by atoms with E-state index in [-0.39, 0.29) is 0 Å². The molecular formula is C30H28N2O4. The molecular weight excluding hydrogens is 452 g/mol. The van der Waals surface area contributed by atoms with Crippen molar-refractivity contribution in [2.75, 3.05) is 39.5 Å². The molecule has 0 radical (unpaired) electrons. The third-order valence-corrected chi connectivity index (χ3v) is 6.52. The van der Waals surface area contributed by atoms with Crippen LogP contribution in [0.3, 0.4) is 0 Å². The number of pyridine rings is 1. The fraction of sp³-hybridized carbons (Fsp3) is 0.233. The maximum Gasteiger partial charge on any atom is 0.146 e. The highest BCUT2D eigenvalue weighted by molar-refractivity contribution is 5.95. The van der Waals surface area contributed by atoms with Crippen molar-refractivity contribution in [1.29, 1.82) is 0 Å². The standard InChI is InChI=1S/C30H28N2O4/c1-2-5-22(6-3-1)20-35-28-8-4-7-23-9-12-27(31-30(23)28)26-21-36-29-19-24(10-11-25(26)29)34-18-15-32-13-16-33-17-14-32/h1-12,19,21H,13-18,20H2. The van der Waals surface area contributed by atoms with Gasteiger partial charge in [-0.25, -0.2) is 4.98 Å². The van der Waals surface area contributed by atoms with Crippen LogP contribution < -0.4 is 9.47 Å². The van der Waals surface area contributed by atoms with Crippen LogP contribution in [-0.2, 0) is 11.3 Å². The molecule has 2 aromatic heterocycles. The zero-order valence-electron chi connectivity index (χ0n) is 20.1. The molecule has 1 fully saturated rings. The molecule has 1 saturated heterocycles. The van der Waals surface area contributed by atoms with Gasteiger partial charge in [0, 0.05) is 42.0 Å². The zero-order chi connectivity index (χ0) is 24.2. The number of rotatable bonds is 8. The lowest BCUT2D eigenvalue weighted by atomic mass is 10.1. The number of morpholine rings is 1. The van der Waals surface area contributed by atoms with Crippen LogP contribution in [-0.4, -0.2) is 49.3 Å². The molecule has 0 spiro atoms. The number of aromatic nitrogens is 1. The third-order valence-electron chi connectivity index (χ3n) is 6.52. The monoisotopic (exact) mass is 480 g/mol. The van der Waals surface area contributed by atoms with Gasteiger partial charge in [0.25, 0.3) is 0 Å². The van der Waals surface area contributed by atoms with Crippen molar-refractivity contribution in [2.45, 2.75) is 6.61 Å². The minimum absolute atomic E-state index is 0.495. The summed E-state index contributed by atoms with van der Waals surface area (Å²) in [5.41, 5.74) is 4.53. The third kappa shape index (κ3) is 4.91. The van der Waals surface area contributed by atoms with Gasteiger partial charge in [-0.05, 0) is 29.8 Å². The first-order valence-corrected chi connectivity index (χ1v) is 12.3. The molecule has 182 valence electrons. The van der Waals surface area contributed by atoms with Gasteiger partial charge in [-0.1, -0.05) is 48.5 Å². The van der Waals surface area contributed by atoms with Crippen LogP contribution in [0.25, 0.3) is 33.1 Å².